The van der Waals surface area contributed by atoms with Crippen molar-refractivity contribution in [1.29, 1.82) is 0 Å². The monoisotopic (exact) mass is 310 g/mol. The summed E-state index contributed by atoms with van der Waals surface area (Å²) in [6.45, 7) is 2.25. The van der Waals surface area contributed by atoms with E-state index in [1.807, 2.05) is 6.92 Å². The number of hydrogen-bond donors (Lipinski definition) is 0. The van der Waals surface area contributed by atoms with Crippen LogP contribution in [-0.4, -0.2) is 33.6 Å². The highest BCUT2D eigenvalue weighted by Gasteiger charge is 2.25. The molecule has 0 heterocycles. The van der Waals surface area contributed by atoms with Crippen molar-refractivity contribution in [2.24, 2.45) is 5.92 Å². The van der Waals surface area contributed by atoms with Crippen LogP contribution in [0.1, 0.15) is 32.6 Å². The Morgan fingerprint density at radius 2 is 1.83 bits per heavy atom. The lowest BCUT2D eigenvalue weighted by molar-refractivity contribution is -0.137. The highest BCUT2D eigenvalue weighted by atomic mass is 35.7. The number of rotatable bonds is 9. The Hall–Kier alpha value is -0.0100. The molecule has 0 bridgehead atoms. The van der Waals surface area contributed by atoms with Gasteiger partial charge in [0.1, 0.15) is 0 Å². The first-order chi connectivity index (χ1) is 8.10. The van der Waals surface area contributed by atoms with Crippen molar-refractivity contribution in [2.45, 2.75) is 38.8 Å². The van der Waals surface area contributed by atoms with E-state index in [4.69, 9.17) is 15.4 Å². The predicted octanol–water partition coefficient (Wildman–Crippen LogP) is 3.33. The fourth-order valence-corrected chi connectivity index (χ4v) is 2.20. The quantitative estimate of drug-likeness (QED) is 0.484. The van der Waals surface area contributed by atoms with E-state index in [1.165, 1.54) is 0 Å². The van der Waals surface area contributed by atoms with Crippen LogP contribution in [0.2, 0.25) is 0 Å². The van der Waals surface area contributed by atoms with Crippen molar-refractivity contribution in [3.05, 3.63) is 0 Å². The largest absolute Gasteiger partial charge is 0.389 e. The molecule has 1 atom stereocenters. The van der Waals surface area contributed by atoms with Crippen molar-refractivity contribution >= 4 is 19.7 Å². The standard InChI is InChI=1S/C10H18ClF3O3S/c1-9(4-8-18(11,15)16)3-7-17-6-2-5-10(12,13)14/h9H,2-8H2,1H3. The van der Waals surface area contributed by atoms with Gasteiger partial charge >= 0.3 is 6.18 Å². The number of hydrogen-bond acceptors (Lipinski definition) is 3. The first kappa shape index (κ1) is 18.0. The maximum Gasteiger partial charge on any atom is 0.389 e. The third-order valence-electron chi connectivity index (χ3n) is 2.36. The molecule has 0 aromatic rings. The fourth-order valence-electron chi connectivity index (χ4n) is 1.25. The molecule has 0 aliphatic heterocycles. The Kier molecular flexibility index (Phi) is 8.21. The van der Waals surface area contributed by atoms with Gasteiger partial charge in [-0.15, -0.1) is 0 Å². The van der Waals surface area contributed by atoms with Crippen LogP contribution in [0.15, 0.2) is 0 Å². The summed E-state index contributed by atoms with van der Waals surface area (Å²) in [6.07, 6.45) is -3.98. The minimum absolute atomic E-state index is 0.0477. The maximum atomic E-state index is 11.8. The van der Waals surface area contributed by atoms with E-state index >= 15 is 0 Å². The van der Waals surface area contributed by atoms with E-state index in [9.17, 15) is 21.6 Å². The Labute approximate surface area is 110 Å². The van der Waals surface area contributed by atoms with Gasteiger partial charge in [-0.3, -0.25) is 0 Å². The molecule has 0 saturated carbocycles. The summed E-state index contributed by atoms with van der Waals surface area (Å²) in [4.78, 5) is 0. The molecule has 0 rings (SSSR count). The second-order valence-electron chi connectivity index (χ2n) is 4.26. The Balaban J connectivity index is 3.44. The van der Waals surface area contributed by atoms with Crippen molar-refractivity contribution in [1.82, 2.24) is 0 Å². The zero-order chi connectivity index (χ0) is 14.2. The minimum atomic E-state index is -4.13. The second-order valence-corrected chi connectivity index (χ2v) is 7.15. The van der Waals surface area contributed by atoms with Crippen LogP contribution < -0.4 is 0 Å². The molecular formula is C10H18ClF3O3S. The zero-order valence-corrected chi connectivity index (χ0v) is 11.7. The van der Waals surface area contributed by atoms with Crippen molar-refractivity contribution in [3.8, 4) is 0 Å². The number of alkyl halides is 3. The molecule has 0 aliphatic carbocycles. The van der Waals surface area contributed by atoms with Crippen molar-refractivity contribution < 1.29 is 26.3 Å². The summed E-state index contributed by atoms with van der Waals surface area (Å²) >= 11 is 0. The molecule has 0 aromatic heterocycles. The van der Waals surface area contributed by atoms with Crippen LogP contribution in [0.3, 0.4) is 0 Å². The smallest absolute Gasteiger partial charge is 0.381 e. The summed E-state index contributed by atoms with van der Waals surface area (Å²) in [5, 5.41) is 0. The molecule has 0 fully saturated rings. The third-order valence-corrected chi connectivity index (χ3v) is 3.54. The molecule has 0 amide bonds. The van der Waals surface area contributed by atoms with E-state index < -0.39 is 21.6 Å². The van der Waals surface area contributed by atoms with E-state index in [-0.39, 0.29) is 24.7 Å². The van der Waals surface area contributed by atoms with Crippen LogP contribution in [0.25, 0.3) is 0 Å². The summed E-state index contributed by atoms with van der Waals surface area (Å²) in [6, 6.07) is 0. The van der Waals surface area contributed by atoms with Crippen LogP contribution in [0, 0.1) is 5.92 Å². The first-order valence-corrected chi connectivity index (χ1v) is 8.15. The van der Waals surface area contributed by atoms with Gasteiger partial charge < -0.3 is 4.74 Å². The van der Waals surface area contributed by atoms with Crippen LogP contribution in [-0.2, 0) is 13.8 Å². The first-order valence-electron chi connectivity index (χ1n) is 5.67. The lowest BCUT2D eigenvalue weighted by Gasteiger charge is -2.11. The maximum absolute atomic E-state index is 11.8. The van der Waals surface area contributed by atoms with Gasteiger partial charge in [0.25, 0.3) is 0 Å². The molecule has 0 aromatic carbocycles. The SMILES string of the molecule is CC(CCOCCCC(F)(F)F)CCS(=O)(=O)Cl. The minimum Gasteiger partial charge on any atom is -0.381 e. The van der Waals surface area contributed by atoms with Gasteiger partial charge in [0.15, 0.2) is 0 Å². The second kappa shape index (κ2) is 8.22. The molecule has 0 radical (unpaired) electrons. The summed E-state index contributed by atoms with van der Waals surface area (Å²) < 4.78 is 61.7. The predicted molar refractivity (Wildman–Crippen MR) is 64.1 cm³/mol. The molecule has 0 aliphatic rings. The van der Waals surface area contributed by atoms with E-state index in [2.05, 4.69) is 0 Å². The lowest BCUT2D eigenvalue weighted by Crippen LogP contribution is -2.10. The van der Waals surface area contributed by atoms with Gasteiger partial charge in [-0.2, -0.15) is 13.2 Å². The molecule has 18 heavy (non-hydrogen) atoms. The molecular weight excluding hydrogens is 293 g/mol. The van der Waals surface area contributed by atoms with Crippen LogP contribution in [0.5, 0.6) is 0 Å². The Bertz CT molecular complexity index is 317. The highest BCUT2D eigenvalue weighted by Crippen LogP contribution is 2.21. The van der Waals surface area contributed by atoms with Crippen molar-refractivity contribution in [2.75, 3.05) is 19.0 Å². The molecule has 1 unspecified atom stereocenters. The zero-order valence-electron chi connectivity index (χ0n) is 10.2. The topological polar surface area (TPSA) is 43.4 Å². The molecule has 110 valence electrons. The molecule has 8 heteroatoms. The fraction of sp³-hybridized carbons (Fsp3) is 1.00. The Morgan fingerprint density at radius 3 is 2.33 bits per heavy atom. The average Bonchev–Trinajstić information content (AvgIpc) is 2.17. The molecule has 3 nitrogen and oxygen atoms in total. The van der Waals surface area contributed by atoms with Gasteiger partial charge in [-0.1, -0.05) is 6.92 Å². The normalized spacial score (nSPS) is 14.7. The summed E-state index contributed by atoms with van der Waals surface area (Å²) in [7, 11) is 1.59. The van der Waals surface area contributed by atoms with Crippen LogP contribution in [0.4, 0.5) is 13.2 Å². The van der Waals surface area contributed by atoms with Gasteiger partial charge in [-0.25, -0.2) is 8.42 Å². The van der Waals surface area contributed by atoms with Crippen LogP contribution >= 0.6 is 10.7 Å². The Morgan fingerprint density at radius 1 is 1.22 bits per heavy atom. The molecule has 0 spiro atoms. The van der Waals surface area contributed by atoms with Gasteiger partial charge in [0.05, 0.1) is 5.75 Å². The van der Waals surface area contributed by atoms with Gasteiger partial charge in [0.2, 0.25) is 9.05 Å². The van der Waals surface area contributed by atoms with E-state index in [0.29, 0.717) is 19.4 Å². The van der Waals surface area contributed by atoms with Gasteiger partial charge in [0, 0.05) is 30.3 Å². The van der Waals surface area contributed by atoms with Crippen molar-refractivity contribution in [3.63, 3.8) is 0 Å². The highest BCUT2D eigenvalue weighted by molar-refractivity contribution is 8.13. The lowest BCUT2D eigenvalue weighted by atomic mass is 10.1. The average molecular weight is 311 g/mol. The molecule has 0 N–H and O–H groups in total. The number of ether oxygens (including phenoxy) is 1. The van der Waals surface area contributed by atoms with E-state index in [1.54, 1.807) is 0 Å². The van der Waals surface area contributed by atoms with E-state index in [0.717, 1.165) is 0 Å². The summed E-state index contributed by atoms with van der Waals surface area (Å²) in [5.41, 5.74) is 0. The third kappa shape index (κ3) is 14.1. The molecule has 0 saturated heterocycles. The summed E-state index contributed by atoms with van der Waals surface area (Å²) in [5.74, 6) is 0.0187. The number of halogens is 4. The van der Waals surface area contributed by atoms with Gasteiger partial charge in [-0.05, 0) is 25.2 Å².